The number of imide groups is 1. The van der Waals surface area contributed by atoms with E-state index >= 15 is 0 Å². The maximum atomic E-state index is 11.6. The Balaban J connectivity index is 2.14. The van der Waals surface area contributed by atoms with Crippen molar-refractivity contribution in [2.45, 2.75) is 24.5 Å². The Kier molecular flexibility index (Phi) is 3.35. The topological polar surface area (TPSA) is 119 Å². The zero-order valence-corrected chi connectivity index (χ0v) is 9.44. The van der Waals surface area contributed by atoms with Crippen molar-refractivity contribution in [1.82, 2.24) is 10.2 Å². The van der Waals surface area contributed by atoms with Gasteiger partial charge in [-0.05, 0) is 0 Å². The van der Waals surface area contributed by atoms with Crippen LogP contribution in [0, 0.1) is 0 Å². The highest BCUT2D eigenvalue weighted by molar-refractivity contribution is 6.06. The second-order valence-corrected chi connectivity index (χ2v) is 4.22. The van der Waals surface area contributed by atoms with Crippen LogP contribution in [0.3, 0.4) is 0 Å². The van der Waals surface area contributed by atoms with Crippen LogP contribution < -0.4 is 5.32 Å². The molecule has 0 aromatic heterocycles. The standard InChI is InChI=1S/C10H14N2O6/c1-4-2-12(10(17)11-8(4)16)9-7(15)6(14)5(3-13)18-9/h5-7,9,13-15H,1-3H2,(H,11,16,17)/t5-,6-,7-,9-/m1/s1. The van der Waals surface area contributed by atoms with Gasteiger partial charge in [0.2, 0.25) is 0 Å². The lowest BCUT2D eigenvalue weighted by Gasteiger charge is -2.33. The molecule has 0 saturated carbocycles. The van der Waals surface area contributed by atoms with Gasteiger partial charge in [-0.25, -0.2) is 4.79 Å². The van der Waals surface area contributed by atoms with E-state index < -0.39 is 43.1 Å². The molecular formula is C10H14N2O6. The number of aliphatic hydroxyl groups excluding tert-OH is 3. The highest BCUT2D eigenvalue weighted by Gasteiger charge is 2.47. The SMILES string of the molecule is C=C1CN([C@@H]2O[C@H](CO)[C@@H](O)[C@H]2O)C(=O)NC1=O. The van der Waals surface area contributed by atoms with E-state index in [2.05, 4.69) is 6.58 Å². The molecule has 4 atom stereocenters. The predicted octanol–water partition coefficient (Wildman–Crippen LogP) is -2.47. The summed E-state index contributed by atoms with van der Waals surface area (Å²) in [7, 11) is 0. The minimum absolute atomic E-state index is 0.0999. The molecule has 18 heavy (non-hydrogen) atoms. The van der Waals surface area contributed by atoms with Crippen LogP contribution >= 0.6 is 0 Å². The summed E-state index contributed by atoms with van der Waals surface area (Å²) in [4.78, 5) is 23.8. The third-order valence-electron chi connectivity index (χ3n) is 2.99. The Hall–Kier alpha value is -1.48. The average Bonchev–Trinajstić information content (AvgIpc) is 2.61. The molecular weight excluding hydrogens is 244 g/mol. The van der Waals surface area contributed by atoms with E-state index in [-0.39, 0.29) is 12.1 Å². The average molecular weight is 258 g/mol. The Morgan fingerprint density at radius 2 is 2.06 bits per heavy atom. The zero-order valence-electron chi connectivity index (χ0n) is 9.44. The number of carbonyl (C=O) groups is 2. The monoisotopic (exact) mass is 258 g/mol. The van der Waals surface area contributed by atoms with Gasteiger partial charge in [-0.15, -0.1) is 0 Å². The molecule has 2 saturated heterocycles. The second kappa shape index (κ2) is 4.65. The lowest BCUT2D eigenvalue weighted by atomic mass is 10.1. The molecule has 0 aromatic rings. The van der Waals surface area contributed by atoms with Crippen LogP contribution in [-0.2, 0) is 9.53 Å². The van der Waals surface area contributed by atoms with Gasteiger partial charge < -0.3 is 20.1 Å². The lowest BCUT2D eigenvalue weighted by Crippen LogP contribution is -2.57. The number of rotatable bonds is 2. The number of hydrogen-bond donors (Lipinski definition) is 4. The zero-order chi connectivity index (χ0) is 13.4. The van der Waals surface area contributed by atoms with E-state index in [0.29, 0.717) is 0 Å². The fraction of sp³-hybridized carbons (Fsp3) is 0.600. The maximum absolute atomic E-state index is 11.6. The number of aliphatic hydroxyl groups is 3. The van der Waals surface area contributed by atoms with E-state index in [1.807, 2.05) is 5.32 Å². The largest absolute Gasteiger partial charge is 0.394 e. The third kappa shape index (κ3) is 1.99. The number of hydrogen-bond acceptors (Lipinski definition) is 6. The molecule has 0 bridgehead atoms. The Labute approximate surface area is 102 Å². The van der Waals surface area contributed by atoms with Gasteiger partial charge in [0.15, 0.2) is 6.23 Å². The van der Waals surface area contributed by atoms with Crippen LogP contribution in [-0.4, -0.2) is 69.8 Å². The fourth-order valence-electron chi connectivity index (χ4n) is 1.95. The van der Waals surface area contributed by atoms with E-state index in [1.165, 1.54) is 0 Å². The molecule has 8 nitrogen and oxygen atoms in total. The van der Waals surface area contributed by atoms with Gasteiger partial charge in [-0.2, -0.15) is 0 Å². The van der Waals surface area contributed by atoms with Gasteiger partial charge in [0.05, 0.1) is 13.2 Å². The van der Waals surface area contributed by atoms with E-state index in [0.717, 1.165) is 4.90 Å². The molecule has 2 fully saturated rings. The Morgan fingerprint density at radius 1 is 1.39 bits per heavy atom. The molecule has 3 amide bonds. The van der Waals surface area contributed by atoms with Crippen molar-refractivity contribution < 1.29 is 29.6 Å². The number of ether oxygens (including phenoxy) is 1. The minimum atomic E-state index is -1.35. The van der Waals surface area contributed by atoms with Gasteiger partial charge in [0, 0.05) is 5.57 Å². The van der Waals surface area contributed by atoms with Gasteiger partial charge >= 0.3 is 6.03 Å². The smallest absolute Gasteiger partial charge is 0.326 e. The molecule has 0 spiro atoms. The highest BCUT2D eigenvalue weighted by Crippen LogP contribution is 2.25. The normalized spacial score (nSPS) is 37.1. The summed E-state index contributed by atoms with van der Waals surface area (Å²) in [6.45, 7) is 2.90. The van der Waals surface area contributed by atoms with Crippen molar-refractivity contribution in [3.63, 3.8) is 0 Å². The number of amides is 3. The first-order valence-corrected chi connectivity index (χ1v) is 5.38. The minimum Gasteiger partial charge on any atom is -0.394 e. The van der Waals surface area contributed by atoms with Crippen molar-refractivity contribution in [2.24, 2.45) is 0 Å². The van der Waals surface area contributed by atoms with Crippen LogP contribution in [0.5, 0.6) is 0 Å². The van der Waals surface area contributed by atoms with Gasteiger partial charge in [-0.1, -0.05) is 6.58 Å². The van der Waals surface area contributed by atoms with Crippen LogP contribution in [0.25, 0.3) is 0 Å². The first-order chi connectivity index (χ1) is 8.45. The van der Waals surface area contributed by atoms with Gasteiger partial charge in [-0.3, -0.25) is 15.0 Å². The van der Waals surface area contributed by atoms with Crippen LogP contribution in [0.15, 0.2) is 12.2 Å². The summed E-state index contributed by atoms with van der Waals surface area (Å²) in [5.74, 6) is -0.581. The number of nitrogens with one attached hydrogen (secondary N) is 1. The molecule has 2 aliphatic heterocycles. The molecule has 0 unspecified atom stereocenters. The van der Waals surface area contributed by atoms with Crippen molar-refractivity contribution >= 4 is 11.9 Å². The van der Waals surface area contributed by atoms with E-state index in [1.54, 1.807) is 0 Å². The van der Waals surface area contributed by atoms with Crippen molar-refractivity contribution in [1.29, 1.82) is 0 Å². The molecule has 0 radical (unpaired) electrons. The lowest BCUT2D eigenvalue weighted by molar-refractivity contribution is -0.120. The molecule has 0 aromatic carbocycles. The summed E-state index contributed by atoms with van der Waals surface area (Å²) in [5, 5.41) is 30.3. The number of carbonyl (C=O) groups excluding carboxylic acids is 2. The quantitative estimate of drug-likeness (QED) is 0.408. The van der Waals surface area contributed by atoms with E-state index in [4.69, 9.17) is 9.84 Å². The molecule has 2 rings (SSSR count). The first-order valence-electron chi connectivity index (χ1n) is 5.38. The Bertz CT molecular complexity index is 398. The molecule has 2 heterocycles. The van der Waals surface area contributed by atoms with Crippen molar-refractivity contribution in [3.8, 4) is 0 Å². The summed E-state index contributed by atoms with van der Waals surface area (Å²) in [5.41, 5.74) is 0.146. The molecule has 8 heteroatoms. The number of nitrogens with zero attached hydrogens (tertiary/aromatic N) is 1. The second-order valence-electron chi connectivity index (χ2n) is 4.22. The first kappa shape index (κ1) is 13.0. The van der Waals surface area contributed by atoms with Crippen LogP contribution in [0.1, 0.15) is 0 Å². The molecule has 0 aliphatic carbocycles. The summed E-state index contributed by atoms with van der Waals surface area (Å²) in [6, 6.07) is -0.734. The van der Waals surface area contributed by atoms with Gasteiger partial charge in [0.1, 0.15) is 18.3 Å². The van der Waals surface area contributed by atoms with Crippen LogP contribution in [0.4, 0.5) is 4.79 Å². The van der Waals surface area contributed by atoms with Crippen molar-refractivity contribution in [2.75, 3.05) is 13.2 Å². The molecule has 100 valence electrons. The number of urea groups is 1. The van der Waals surface area contributed by atoms with Gasteiger partial charge in [0.25, 0.3) is 5.91 Å². The molecule has 2 aliphatic rings. The highest BCUT2D eigenvalue weighted by atomic mass is 16.6. The van der Waals surface area contributed by atoms with Crippen molar-refractivity contribution in [3.05, 3.63) is 12.2 Å². The Morgan fingerprint density at radius 3 is 2.61 bits per heavy atom. The maximum Gasteiger partial charge on any atom is 0.326 e. The summed E-state index contributed by atoms with van der Waals surface area (Å²) in [6.07, 6.45) is -4.74. The molecule has 4 N–H and O–H groups in total. The van der Waals surface area contributed by atoms with Crippen LogP contribution in [0.2, 0.25) is 0 Å². The fourth-order valence-corrected chi connectivity index (χ4v) is 1.95. The summed E-state index contributed by atoms with van der Waals surface area (Å²) >= 11 is 0. The summed E-state index contributed by atoms with van der Waals surface area (Å²) < 4.78 is 5.19. The third-order valence-corrected chi connectivity index (χ3v) is 2.99. The predicted molar refractivity (Wildman–Crippen MR) is 57.1 cm³/mol. The van der Waals surface area contributed by atoms with E-state index in [9.17, 15) is 19.8 Å².